The number of nitrogens with zero attached hydrogens (tertiary/aromatic N) is 1. The fraction of sp³-hybridized carbons (Fsp3) is 0.435. The lowest BCUT2D eigenvalue weighted by molar-refractivity contribution is 0.296. The lowest BCUT2D eigenvalue weighted by atomic mass is 9.79. The number of rotatable bonds is 6. The molecule has 0 amide bonds. The molecule has 0 bridgehead atoms. The van der Waals surface area contributed by atoms with Gasteiger partial charge in [-0.3, -0.25) is 4.98 Å². The average Bonchev–Trinajstić information content (AvgIpc) is 2.67. The minimum Gasteiger partial charge on any atom is -0.256 e. The van der Waals surface area contributed by atoms with E-state index in [4.69, 9.17) is 0 Å². The lowest BCUT2D eigenvalue weighted by Gasteiger charge is -2.26. The van der Waals surface area contributed by atoms with Crippen molar-refractivity contribution >= 4 is 0 Å². The summed E-state index contributed by atoms with van der Waals surface area (Å²) in [5.41, 5.74) is 3.18. The zero-order valence-electron chi connectivity index (χ0n) is 15.1. The second-order valence-electron chi connectivity index (χ2n) is 7.21. The normalized spacial score (nSPS) is 20.9. The van der Waals surface area contributed by atoms with Crippen LogP contribution >= 0.6 is 0 Å². The molecule has 0 radical (unpaired) electrons. The Kier molecular flexibility index (Phi) is 6.38. The van der Waals surface area contributed by atoms with Crippen molar-refractivity contribution in [1.82, 2.24) is 4.98 Å². The van der Waals surface area contributed by atoms with Crippen molar-refractivity contribution < 1.29 is 4.39 Å². The Balaban J connectivity index is 1.48. The summed E-state index contributed by atoms with van der Waals surface area (Å²) >= 11 is 0. The first-order valence-corrected chi connectivity index (χ1v) is 9.62. The SMILES string of the molecule is CC/C=C/C1CCC(CCc2ccc(-c3ccc(F)cc3)nc2)CC1. The van der Waals surface area contributed by atoms with Crippen molar-refractivity contribution in [3.05, 3.63) is 66.1 Å². The monoisotopic (exact) mass is 337 g/mol. The van der Waals surface area contributed by atoms with Gasteiger partial charge in [0.25, 0.3) is 0 Å². The molecule has 1 fully saturated rings. The highest BCUT2D eigenvalue weighted by atomic mass is 19.1. The summed E-state index contributed by atoms with van der Waals surface area (Å²) in [6.45, 7) is 2.21. The molecule has 1 saturated carbocycles. The second-order valence-corrected chi connectivity index (χ2v) is 7.21. The number of pyridine rings is 1. The smallest absolute Gasteiger partial charge is 0.123 e. The fourth-order valence-electron chi connectivity index (χ4n) is 3.73. The van der Waals surface area contributed by atoms with Crippen LogP contribution in [0.25, 0.3) is 11.3 Å². The molecule has 0 saturated heterocycles. The van der Waals surface area contributed by atoms with Gasteiger partial charge in [0.05, 0.1) is 5.69 Å². The molecule has 1 aliphatic rings. The zero-order valence-corrected chi connectivity index (χ0v) is 15.1. The Morgan fingerprint density at radius 2 is 1.80 bits per heavy atom. The minimum atomic E-state index is -0.208. The summed E-state index contributed by atoms with van der Waals surface area (Å²) < 4.78 is 13.0. The van der Waals surface area contributed by atoms with Crippen molar-refractivity contribution in [2.45, 2.75) is 51.9 Å². The topological polar surface area (TPSA) is 12.9 Å². The van der Waals surface area contributed by atoms with E-state index in [0.717, 1.165) is 35.9 Å². The van der Waals surface area contributed by atoms with Crippen LogP contribution in [0.1, 0.15) is 51.0 Å². The molecule has 25 heavy (non-hydrogen) atoms. The maximum Gasteiger partial charge on any atom is 0.123 e. The fourth-order valence-corrected chi connectivity index (χ4v) is 3.73. The molecule has 0 unspecified atom stereocenters. The van der Waals surface area contributed by atoms with Gasteiger partial charge in [-0.25, -0.2) is 4.39 Å². The van der Waals surface area contributed by atoms with E-state index in [1.165, 1.54) is 49.8 Å². The van der Waals surface area contributed by atoms with Gasteiger partial charge < -0.3 is 0 Å². The first kappa shape index (κ1) is 17.8. The van der Waals surface area contributed by atoms with Crippen LogP contribution in [-0.2, 0) is 6.42 Å². The maximum atomic E-state index is 13.0. The van der Waals surface area contributed by atoms with Gasteiger partial charge in [0, 0.05) is 11.8 Å². The van der Waals surface area contributed by atoms with Crippen LogP contribution in [0.3, 0.4) is 0 Å². The van der Waals surface area contributed by atoms with E-state index < -0.39 is 0 Å². The molecular weight excluding hydrogens is 309 g/mol. The van der Waals surface area contributed by atoms with E-state index in [1.54, 1.807) is 12.1 Å². The van der Waals surface area contributed by atoms with Gasteiger partial charge in [-0.1, -0.05) is 25.1 Å². The average molecular weight is 337 g/mol. The Morgan fingerprint density at radius 3 is 2.44 bits per heavy atom. The third kappa shape index (κ3) is 5.26. The highest BCUT2D eigenvalue weighted by Gasteiger charge is 2.19. The Morgan fingerprint density at radius 1 is 1.04 bits per heavy atom. The van der Waals surface area contributed by atoms with Crippen LogP contribution in [0.2, 0.25) is 0 Å². The van der Waals surface area contributed by atoms with Crippen LogP contribution in [-0.4, -0.2) is 4.98 Å². The van der Waals surface area contributed by atoms with E-state index in [0.29, 0.717) is 0 Å². The first-order chi connectivity index (χ1) is 12.2. The van der Waals surface area contributed by atoms with Crippen LogP contribution in [0.4, 0.5) is 4.39 Å². The molecule has 0 N–H and O–H groups in total. The number of hydrogen-bond donors (Lipinski definition) is 0. The highest BCUT2D eigenvalue weighted by molar-refractivity contribution is 5.58. The number of hydrogen-bond acceptors (Lipinski definition) is 1. The summed E-state index contributed by atoms with van der Waals surface area (Å²) in [7, 11) is 0. The summed E-state index contributed by atoms with van der Waals surface area (Å²) in [5.74, 6) is 1.47. The molecule has 2 aromatic rings. The maximum absolute atomic E-state index is 13.0. The van der Waals surface area contributed by atoms with E-state index in [2.05, 4.69) is 36.2 Å². The van der Waals surface area contributed by atoms with E-state index in [-0.39, 0.29) is 5.82 Å². The van der Waals surface area contributed by atoms with Gasteiger partial charge in [-0.05, 0) is 92.7 Å². The molecule has 1 heterocycles. The number of benzene rings is 1. The highest BCUT2D eigenvalue weighted by Crippen LogP contribution is 2.32. The molecule has 1 aromatic heterocycles. The van der Waals surface area contributed by atoms with E-state index in [9.17, 15) is 4.39 Å². The number of halogens is 1. The van der Waals surface area contributed by atoms with Gasteiger partial charge in [0.2, 0.25) is 0 Å². The van der Waals surface area contributed by atoms with Crippen LogP contribution in [0.15, 0.2) is 54.7 Å². The van der Waals surface area contributed by atoms with Crippen molar-refractivity contribution in [1.29, 1.82) is 0 Å². The van der Waals surface area contributed by atoms with Crippen molar-refractivity contribution in [3.63, 3.8) is 0 Å². The number of allylic oxidation sites excluding steroid dienone is 2. The minimum absolute atomic E-state index is 0.208. The molecule has 1 nitrogen and oxygen atoms in total. The Hall–Kier alpha value is -1.96. The number of aromatic nitrogens is 1. The van der Waals surface area contributed by atoms with E-state index in [1.807, 2.05) is 6.20 Å². The molecule has 0 atom stereocenters. The predicted molar refractivity (Wildman–Crippen MR) is 103 cm³/mol. The first-order valence-electron chi connectivity index (χ1n) is 9.62. The molecular formula is C23H28FN. The summed E-state index contributed by atoms with van der Waals surface area (Å²) in [5, 5.41) is 0. The quantitative estimate of drug-likeness (QED) is 0.542. The van der Waals surface area contributed by atoms with Crippen LogP contribution in [0.5, 0.6) is 0 Å². The van der Waals surface area contributed by atoms with Crippen molar-refractivity contribution in [3.8, 4) is 11.3 Å². The lowest BCUT2D eigenvalue weighted by Crippen LogP contribution is -2.13. The third-order valence-corrected chi connectivity index (χ3v) is 5.34. The van der Waals surface area contributed by atoms with Gasteiger partial charge in [-0.15, -0.1) is 0 Å². The van der Waals surface area contributed by atoms with Gasteiger partial charge in [0.1, 0.15) is 5.82 Å². The zero-order chi connectivity index (χ0) is 17.5. The van der Waals surface area contributed by atoms with Gasteiger partial charge in [-0.2, -0.15) is 0 Å². The third-order valence-electron chi connectivity index (χ3n) is 5.34. The van der Waals surface area contributed by atoms with Crippen molar-refractivity contribution in [2.24, 2.45) is 11.8 Å². The molecule has 3 rings (SSSR count). The Labute approximate surface area is 151 Å². The van der Waals surface area contributed by atoms with Gasteiger partial charge >= 0.3 is 0 Å². The molecule has 1 aliphatic carbocycles. The summed E-state index contributed by atoms with van der Waals surface area (Å²) in [6.07, 6.45) is 15.7. The molecule has 1 aromatic carbocycles. The molecule has 0 aliphatic heterocycles. The molecule has 0 spiro atoms. The van der Waals surface area contributed by atoms with Crippen molar-refractivity contribution in [2.75, 3.05) is 0 Å². The van der Waals surface area contributed by atoms with E-state index >= 15 is 0 Å². The second kappa shape index (κ2) is 8.94. The molecule has 2 heteroatoms. The standard InChI is InChI=1S/C23H28FN/c1-2-3-4-18-5-7-19(8-6-18)9-10-20-11-16-23(25-17-20)21-12-14-22(24)15-13-21/h3-4,11-19H,2,5-10H2,1H3/b4-3+. The number of aryl methyl sites for hydroxylation is 1. The van der Waals surface area contributed by atoms with Gasteiger partial charge in [0.15, 0.2) is 0 Å². The molecule has 132 valence electrons. The summed E-state index contributed by atoms with van der Waals surface area (Å²) in [4.78, 5) is 4.56. The predicted octanol–water partition coefficient (Wildman–Crippen LogP) is 6.59. The largest absolute Gasteiger partial charge is 0.256 e. The Bertz CT molecular complexity index is 664. The van der Waals surface area contributed by atoms with Crippen LogP contribution in [0, 0.1) is 17.7 Å². The summed E-state index contributed by atoms with van der Waals surface area (Å²) in [6, 6.07) is 10.7. The van der Waals surface area contributed by atoms with Crippen LogP contribution < -0.4 is 0 Å².